The van der Waals surface area contributed by atoms with Gasteiger partial charge in [0, 0.05) is 26.3 Å². The molecule has 8 aromatic carbocycles. The molecular weight excluding hydrogens is 673 g/mol. The quantitative estimate of drug-likeness (QED) is 0.182. The van der Waals surface area contributed by atoms with Crippen LogP contribution in [0.5, 0.6) is 0 Å². The molecule has 0 saturated carbocycles. The van der Waals surface area contributed by atoms with Crippen LogP contribution in [0.15, 0.2) is 204 Å². The molecule has 252 valence electrons. The van der Waals surface area contributed by atoms with Crippen LogP contribution in [0.4, 0.5) is 0 Å². The van der Waals surface area contributed by atoms with Crippen LogP contribution in [0.3, 0.4) is 0 Å². The fourth-order valence-corrected chi connectivity index (χ4v) is 10.0. The monoisotopic (exact) mass is 704 g/mol. The van der Waals surface area contributed by atoms with E-state index in [1.807, 2.05) is 36.0 Å². The van der Waals surface area contributed by atoms with Gasteiger partial charge in [0.05, 0.1) is 16.6 Å². The SMILES string of the molecule is c1ccc(-c2nc(-c3ccc(-c4ccccc4-c4ccc5c(c4)C4(c6ccccc6S5)c5ccccc5-c5ccccc54)cc3)c3ccccc3n2)cc1. The van der Waals surface area contributed by atoms with Gasteiger partial charge < -0.3 is 0 Å². The van der Waals surface area contributed by atoms with Crippen LogP contribution in [0, 0.1) is 0 Å². The Hall–Kier alpha value is -6.55. The number of para-hydroxylation sites is 1. The van der Waals surface area contributed by atoms with Gasteiger partial charge in [0.1, 0.15) is 0 Å². The van der Waals surface area contributed by atoms with E-state index in [4.69, 9.17) is 9.97 Å². The van der Waals surface area contributed by atoms with Crippen LogP contribution in [-0.4, -0.2) is 9.97 Å². The predicted molar refractivity (Wildman–Crippen MR) is 223 cm³/mol. The fourth-order valence-electron chi connectivity index (χ4n) is 8.83. The average Bonchev–Trinajstić information content (AvgIpc) is 3.54. The Labute approximate surface area is 318 Å². The molecule has 2 nitrogen and oxygen atoms in total. The molecule has 0 N–H and O–H groups in total. The highest BCUT2D eigenvalue weighted by atomic mass is 32.2. The van der Waals surface area contributed by atoms with Gasteiger partial charge in [0.2, 0.25) is 0 Å². The van der Waals surface area contributed by atoms with E-state index < -0.39 is 5.41 Å². The summed E-state index contributed by atoms with van der Waals surface area (Å²) in [7, 11) is 0. The molecule has 2 aliphatic rings. The lowest BCUT2D eigenvalue weighted by Gasteiger charge is -2.40. The van der Waals surface area contributed by atoms with Crippen molar-refractivity contribution in [2.45, 2.75) is 15.2 Å². The molecule has 0 radical (unpaired) electrons. The highest BCUT2D eigenvalue weighted by Crippen LogP contribution is 2.62. The molecule has 54 heavy (non-hydrogen) atoms. The summed E-state index contributed by atoms with van der Waals surface area (Å²) in [6.07, 6.45) is 0. The number of aromatic nitrogens is 2. The molecule has 1 aliphatic carbocycles. The van der Waals surface area contributed by atoms with E-state index in [-0.39, 0.29) is 0 Å². The van der Waals surface area contributed by atoms with Crippen LogP contribution in [0.1, 0.15) is 22.3 Å². The molecule has 9 aromatic rings. The summed E-state index contributed by atoms with van der Waals surface area (Å²) in [4.78, 5) is 12.7. The topological polar surface area (TPSA) is 25.8 Å². The molecule has 0 unspecified atom stereocenters. The van der Waals surface area contributed by atoms with Gasteiger partial charge in [-0.1, -0.05) is 182 Å². The van der Waals surface area contributed by atoms with Crippen LogP contribution in [0.25, 0.3) is 66.9 Å². The molecule has 1 spiro atoms. The van der Waals surface area contributed by atoms with Crippen molar-refractivity contribution in [2.75, 3.05) is 0 Å². The smallest absolute Gasteiger partial charge is 0.160 e. The average molecular weight is 705 g/mol. The molecule has 0 atom stereocenters. The van der Waals surface area contributed by atoms with Crippen LogP contribution < -0.4 is 0 Å². The third kappa shape index (κ3) is 4.62. The second kappa shape index (κ2) is 12.3. The van der Waals surface area contributed by atoms with Crippen molar-refractivity contribution in [3.63, 3.8) is 0 Å². The Bertz CT molecular complexity index is 2870. The molecule has 1 aliphatic heterocycles. The Balaban J connectivity index is 1.05. The van der Waals surface area contributed by atoms with Gasteiger partial charge in [0.25, 0.3) is 0 Å². The molecule has 3 heteroatoms. The second-order valence-corrected chi connectivity index (χ2v) is 15.1. The maximum atomic E-state index is 5.12. The Kier molecular flexibility index (Phi) is 7.05. The largest absolute Gasteiger partial charge is 0.228 e. The Morgan fingerprint density at radius 1 is 0.352 bits per heavy atom. The number of hydrogen-bond acceptors (Lipinski definition) is 3. The minimum absolute atomic E-state index is 0.407. The summed E-state index contributed by atoms with van der Waals surface area (Å²) in [5, 5.41) is 1.04. The van der Waals surface area contributed by atoms with Crippen molar-refractivity contribution in [3.05, 3.63) is 216 Å². The molecular formula is C51H32N2S. The fraction of sp³-hybridized carbons (Fsp3) is 0.0196. The number of hydrogen-bond donors (Lipinski definition) is 0. The first-order valence-electron chi connectivity index (χ1n) is 18.4. The minimum atomic E-state index is -0.407. The van der Waals surface area contributed by atoms with E-state index in [2.05, 4.69) is 170 Å². The van der Waals surface area contributed by atoms with Gasteiger partial charge in [0.15, 0.2) is 5.82 Å². The number of rotatable bonds is 4. The van der Waals surface area contributed by atoms with Gasteiger partial charge in [-0.25, -0.2) is 9.97 Å². The van der Waals surface area contributed by atoms with E-state index in [1.54, 1.807) is 0 Å². The maximum Gasteiger partial charge on any atom is 0.160 e. The van der Waals surface area contributed by atoms with E-state index >= 15 is 0 Å². The normalized spacial score (nSPS) is 13.3. The third-order valence-corrected chi connectivity index (χ3v) is 12.3. The van der Waals surface area contributed by atoms with Crippen molar-refractivity contribution in [3.8, 4) is 56.0 Å². The zero-order valence-corrected chi connectivity index (χ0v) is 30.1. The van der Waals surface area contributed by atoms with Crippen molar-refractivity contribution in [2.24, 2.45) is 0 Å². The van der Waals surface area contributed by atoms with Crippen molar-refractivity contribution in [1.29, 1.82) is 0 Å². The van der Waals surface area contributed by atoms with E-state index in [0.29, 0.717) is 0 Å². The lowest BCUT2D eigenvalue weighted by atomic mass is 9.67. The summed E-state index contributed by atoms with van der Waals surface area (Å²) in [5.41, 5.74) is 16.4. The van der Waals surface area contributed by atoms with E-state index in [9.17, 15) is 0 Å². The van der Waals surface area contributed by atoms with Gasteiger partial charge in [-0.3, -0.25) is 0 Å². The van der Waals surface area contributed by atoms with Gasteiger partial charge in [-0.15, -0.1) is 0 Å². The lowest BCUT2D eigenvalue weighted by Crippen LogP contribution is -2.32. The van der Waals surface area contributed by atoms with Crippen LogP contribution >= 0.6 is 11.8 Å². The molecule has 0 fully saturated rings. The summed E-state index contributed by atoms with van der Waals surface area (Å²) >= 11 is 1.89. The van der Waals surface area contributed by atoms with Crippen molar-refractivity contribution in [1.82, 2.24) is 9.97 Å². The molecule has 0 saturated heterocycles. The molecule has 0 bridgehead atoms. The van der Waals surface area contributed by atoms with E-state index in [0.717, 1.165) is 33.5 Å². The minimum Gasteiger partial charge on any atom is -0.228 e. The highest BCUT2D eigenvalue weighted by Gasteiger charge is 2.50. The molecule has 0 amide bonds. The number of nitrogens with zero attached hydrogens (tertiary/aromatic N) is 2. The Morgan fingerprint density at radius 3 is 1.63 bits per heavy atom. The Morgan fingerprint density at radius 2 is 0.889 bits per heavy atom. The summed E-state index contributed by atoms with van der Waals surface area (Å²) in [6, 6.07) is 70.4. The van der Waals surface area contributed by atoms with Crippen molar-refractivity contribution >= 4 is 22.7 Å². The first-order valence-corrected chi connectivity index (χ1v) is 19.2. The summed E-state index contributed by atoms with van der Waals surface area (Å²) in [5.74, 6) is 0.734. The summed E-state index contributed by atoms with van der Waals surface area (Å²) in [6.45, 7) is 0. The highest BCUT2D eigenvalue weighted by molar-refractivity contribution is 7.99. The first-order chi connectivity index (χ1) is 26.8. The van der Waals surface area contributed by atoms with Gasteiger partial charge in [-0.05, 0) is 79.9 Å². The standard InChI is InChI=1S/C51H32N2S/c1-2-14-35(15-3-1)50-52-46-24-12-8-20-41(46)49(53-50)34-28-26-33(27-29-34)37-16-4-5-17-38(37)36-30-31-48-45(32-36)51(44-23-11-13-25-47(44)54-48)42-21-9-6-18-39(42)40-19-7-10-22-43(40)51/h1-32H. The summed E-state index contributed by atoms with van der Waals surface area (Å²) < 4.78 is 0. The van der Waals surface area contributed by atoms with Gasteiger partial charge in [-0.2, -0.15) is 0 Å². The van der Waals surface area contributed by atoms with Gasteiger partial charge >= 0.3 is 0 Å². The molecule has 11 rings (SSSR count). The zero-order chi connectivity index (χ0) is 35.6. The van der Waals surface area contributed by atoms with Crippen molar-refractivity contribution < 1.29 is 0 Å². The number of benzene rings is 8. The number of fused-ring (bicyclic) bond motifs is 10. The third-order valence-electron chi connectivity index (χ3n) is 11.2. The van der Waals surface area contributed by atoms with Crippen LogP contribution in [-0.2, 0) is 5.41 Å². The van der Waals surface area contributed by atoms with E-state index in [1.165, 1.54) is 65.4 Å². The first kappa shape index (κ1) is 31.0. The predicted octanol–water partition coefficient (Wildman–Crippen LogP) is 13.1. The maximum absolute atomic E-state index is 5.12. The zero-order valence-electron chi connectivity index (χ0n) is 29.3. The molecule has 1 aromatic heterocycles. The van der Waals surface area contributed by atoms with Crippen LogP contribution in [0.2, 0.25) is 0 Å². The lowest BCUT2D eigenvalue weighted by molar-refractivity contribution is 0.723. The molecule has 2 heterocycles. The second-order valence-electron chi connectivity index (χ2n) is 14.1.